The Morgan fingerprint density at radius 2 is 1.89 bits per heavy atom. The van der Waals surface area contributed by atoms with Crippen molar-refractivity contribution in [2.75, 3.05) is 29.3 Å². The van der Waals surface area contributed by atoms with Crippen LogP contribution in [-0.2, 0) is 10.0 Å². The maximum absolute atomic E-state index is 13.7. The zero-order valence-electron chi connectivity index (χ0n) is 19.0. The fraction of sp³-hybridized carbons (Fsp3) is 0.286. The fourth-order valence-corrected chi connectivity index (χ4v) is 5.36. The van der Waals surface area contributed by atoms with Gasteiger partial charge in [-0.25, -0.2) is 13.4 Å². The molecule has 2 heterocycles. The van der Waals surface area contributed by atoms with E-state index in [4.69, 9.17) is 4.11 Å². The average Bonchev–Trinajstić information content (AvgIpc) is 3.12. The molecule has 0 radical (unpaired) electrons. The van der Waals surface area contributed by atoms with Crippen molar-refractivity contribution < 1.29 is 12.5 Å². The molecule has 0 N–H and O–H groups in total. The Labute approximate surface area is 170 Å². The molecule has 0 fully saturated rings. The van der Waals surface area contributed by atoms with Gasteiger partial charge in [0.05, 0.1) is 34.8 Å². The number of aryl methyl sites for hydroxylation is 3. The third-order valence-electron chi connectivity index (χ3n) is 5.02. The van der Waals surface area contributed by atoms with Crippen LogP contribution in [0.3, 0.4) is 0 Å². The number of sulfonamides is 1. The molecule has 28 heavy (non-hydrogen) atoms. The van der Waals surface area contributed by atoms with Crippen LogP contribution in [0.25, 0.3) is 5.69 Å². The fourth-order valence-electron chi connectivity index (χ4n) is 3.61. The van der Waals surface area contributed by atoms with Gasteiger partial charge in [-0.3, -0.25) is 4.31 Å². The van der Waals surface area contributed by atoms with Gasteiger partial charge in [0.2, 0.25) is 0 Å². The van der Waals surface area contributed by atoms with E-state index in [0.717, 1.165) is 11.4 Å². The summed E-state index contributed by atoms with van der Waals surface area (Å²) in [5.74, 6) is 0. The van der Waals surface area contributed by atoms with E-state index in [-0.39, 0.29) is 18.0 Å². The molecule has 3 aromatic rings. The lowest BCUT2D eigenvalue weighted by Crippen LogP contribution is -2.43. The SMILES string of the molecule is [2H]C([2H])([2H])N1CCN(S(=O)(=O)c2ccc(-n3cnc(C)c3)cc2C)c2c(C)cccc21. The van der Waals surface area contributed by atoms with Crippen LogP contribution < -0.4 is 9.21 Å². The Morgan fingerprint density at radius 3 is 2.57 bits per heavy atom. The molecule has 0 saturated heterocycles. The lowest BCUT2D eigenvalue weighted by molar-refractivity contribution is 0.588. The number of benzene rings is 2. The van der Waals surface area contributed by atoms with E-state index >= 15 is 0 Å². The van der Waals surface area contributed by atoms with Crippen molar-refractivity contribution in [2.24, 2.45) is 0 Å². The standard InChI is InChI=1S/C21H24N4O2S/c1-15-6-5-7-19-21(15)25(11-10-23(19)4)28(26,27)20-9-8-18(12-16(20)2)24-13-17(3)22-14-24/h5-9,12-14H,10-11H2,1-4H3/i4D3. The second kappa shape index (κ2) is 6.67. The molecule has 4 rings (SSSR count). The summed E-state index contributed by atoms with van der Waals surface area (Å²) in [5, 5.41) is 0. The molecule has 0 bridgehead atoms. The minimum Gasteiger partial charge on any atom is -0.371 e. The predicted octanol–water partition coefficient (Wildman–Crippen LogP) is 3.44. The molecule has 1 aliphatic heterocycles. The van der Waals surface area contributed by atoms with Gasteiger partial charge in [-0.1, -0.05) is 12.1 Å². The second-order valence-corrected chi connectivity index (χ2v) is 8.87. The first-order valence-corrected chi connectivity index (χ1v) is 10.5. The third kappa shape index (κ3) is 2.96. The zero-order chi connectivity index (χ0) is 22.6. The van der Waals surface area contributed by atoms with Gasteiger partial charge in [0.15, 0.2) is 0 Å². The molecule has 7 heteroatoms. The van der Waals surface area contributed by atoms with Gasteiger partial charge in [-0.2, -0.15) is 0 Å². The van der Waals surface area contributed by atoms with Gasteiger partial charge in [0.1, 0.15) is 0 Å². The van der Waals surface area contributed by atoms with Crippen molar-refractivity contribution in [3.63, 3.8) is 0 Å². The number of aromatic nitrogens is 2. The predicted molar refractivity (Wildman–Crippen MR) is 112 cm³/mol. The van der Waals surface area contributed by atoms with E-state index in [0.29, 0.717) is 22.5 Å². The minimum absolute atomic E-state index is 0.0560. The van der Waals surface area contributed by atoms with Gasteiger partial charge in [0, 0.05) is 29.5 Å². The van der Waals surface area contributed by atoms with Crippen molar-refractivity contribution >= 4 is 21.4 Å². The van der Waals surface area contributed by atoms with Gasteiger partial charge in [-0.05, 0) is 56.2 Å². The van der Waals surface area contributed by atoms with Crippen molar-refractivity contribution in [3.8, 4) is 5.69 Å². The summed E-state index contributed by atoms with van der Waals surface area (Å²) in [5.41, 5.74) is 3.82. The van der Waals surface area contributed by atoms with Crippen LogP contribution in [0, 0.1) is 20.8 Å². The number of rotatable bonds is 3. The molecule has 146 valence electrons. The Morgan fingerprint density at radius 1 is 1.07 bits per heavy atom. The van der Waals surface area contributed by atoms with Crippen LogP contribution in [0.5, 0.6) is 0 Å². The first-order valence-electron chi connectivity index (χ1n) is 10.5. The highest BCUT2D eigenvalue weighted by molar-refractivity contribution is 7.93. The zero-order valence-corrected chi connectivity index (χ0v) is 16.9. The van der Waals surface area contributed by atoms with E-state index < -0.39 is 17.0 Å². The van der Waals surface area contributed by atoms with Crippen LogP contribution in [0.4, 0.5) is 11.4 Å². The molecular formula is C21H24N4O2S. The summed E-state index contributed by atoms with van der Waals surface area (Å²) in [6.07, 6.45) is 3.56. The van der Waals surface area contributed by atoms with Crippen molar-refractivity contribution in [2.45, 2.75) is 25.7 Å². The summed E-state index contributed by atoms with van der Waals surface area (Å²) < 4.78 is 54.1. The van der Waals surface area contributed by atoms with Crippen molar-refractivity contribution in [3.05, 3.63) is 65.7 Å². The summed E-state index contributed by atoms with van der Waals surface area (Å²) in [7, 11) is -3.89. The van der Waals surface area contributed by atoms with Crippen molar-refractivity contribution in [1.82, 2.24) is 9.55 Å². The molecule has 0 unspecified atom stereocenters. The van der Waals surface area contributed by atoms with E-state index in [9.17, 15) is 8.42 Å². The first-order chi connectivity index (χ1) is 14.5. The van der Waals surface area contributed by atoms with Crippen LogP contribution in [0.2, 0.25) is 0 Å². The highest BCUT2D eigenvalue weighted by atomic mass is 32.2. The van der Waals surface area contributed by atoms with Gasteiger partial charge in [0.25, 0.3) is 10.0 Å². The molecule has 0 saturated carbocycles. The highest BCUT2D eigenvalue weighted by Crippen LogP contribution is 2.38. The van der Waals surface area contributed by atoms with Gasteiger partial charge < -0.3 is 9.47 Å². The number of fused-ring (bicyclic) bond motifs is 1. The number of imidazole rings is 1. The summed E-state index contributed by atoms with van der Waals surface area (Å²) in [6, 6.07) is 10.4. The molecule has 1 aliphatic rings. The summed E-state index contributed by atoms with van der Waals surface area (Å²) in [4.78, 5) is 5.70. The Balaban J connectivity index is 1.79. The lowest BCUT2D eigenvalue weighted by Gasteiger charge is -2.37. The molecule has 0 amide bonds. The van der Waals surface area contributed by atoms with E-state index in [1.807, 2.05) is 23.8 Å². The Kier molecular flexibility index (Phi) is 3.61. The van der Waals surface area contributed by atoms with E-state index in [1.54, 1.807) is 50.5 Å². The molecule has 0 spiro atoms. The van der Waals surface area contributed by atoms with Gasteiger partial charge >= 0.3 is 0 Å². The van der Waals surface area contributed by atoms with Crippen molar-refractivity contribution in [1.29, 1.82) is 0 Å². The first kappa shape index (κ1) is 15.2. The second-order valence-electron chi connectivity index (χ2n) is 7.04. The summed E-state index contributed by atoms with van der Waals surface area (Å²) in [6.45, 7) is 3.23. The molecule has 0 atom stereocenters. The number of nitrogens with zero attached hydrogens (tertiary/aromatic N) is 4. The average molecular weight is 400 g/mol. The molecule has 2 aromatic carbocycles. The molecule has 6 nitrogen and oxygen atoms in total. The Hall–Kier alpha value is -2.80. The third-order valence-corrected chi connectivity index (χ3v) is 6.98. The maximum atomic E-state index is 13.7. The normalized spacial score (nSPS) is 16.3. The highest BCUT2D eigenvalue weighted by Gasteiger charge is 2.33. The van der Waals surface area contributed by atoms with Gasteiger partial charge in [-0.15, -0.1) is 0 Å². The Bertz CT molecular complexity index is 1250. The minimum atomic E-state index is -3.89. The monoisotopic (exact) mass is 399 g/mol. The largest absolute Gasteiger partial charge is 0.371 e. The number of anilines is 2. The van der Waals surface area contributed by atoms with Crippen LogP contribution >= 0.6 is 0 Å². The number of para-hydroxylation sites is 1. The summed E-state index contributed by atoms with van der Waals surface area (Å²) >= 11 is 0. The number of hydrogen-bond donors (Lipinski definition) is 0. The molecule has 0 aliphatic carbocycles. The van der Waals surface area contributed by atoms with Crippen LogP contribution in [0.15, 0.2) is 53.8 Å². The van der Waals surface area contributed by atoms with E-state index in [1.165, 1.54) is 9.21 Å². The number of likely N-dealkylation sites (N-methyl/N-ethyl adjacent to an activating group) is 1. The lowest BCUT2D eigenvalue weighted by atomic mass is 10.1. The number of hydrogen-bond acceptors (Lipinski definition) is 4. The smallest absolute Gasteiger partial charge is 0.264 e. The maximum Gasteiger partial charge on any atom is 0.264 e. The topological polar surface area (TPSA) is 58.4 Å². The van der Waals surface area contributed by atoms with Crippen LogP contribution in [-0.4, -0.2) is 38.0 Å². The molecular weight excluding hydrogens is 372 g/mol. The van der Waals surface area contributed by atoms with E-state index in [2.05, 4.69) is 4.98 Å². The quantitative estimate of drug-likeness (QED) is 0.677. The molecule has 1 aromatic heterocycles. The van der Waals surface area contributed by atoms with Crippen LogP contribution in [0.1, 0.15) is 20.9 Å².